The Balaban J connectivity index is 1.30. The van der Waals surface area contributed by atoms with Crippen molar-refractivity contribution in [2.45, 2.75) is 42.7 Å². The van der Waals surface area contributed by atoms with Gasteiger partial charge in [-0.1, -0.05) is 12.1 Å². The lowest BCUT2D eigenvalue weighted by Crippen LogP contribution is -2.50. The topological polar surface area (TPSA) is 49.9 Å². The van der Waals surface area contributed by atoms with Gasteiger partial charge in [0.05, 0.1) is 0 Å². The lowest BCUT2D eigenvalue weighted by molar-refractivity contribution is 0.0567. The monoisotopic (exact) mass is 454 g/mol. The first-order chi connectivity index (χ1) is 14.8. The van der Waals surface area contributed by atoms with Crippen molar-refractivity contribution in [2.24, 2.45) is 0 Å². The van der Waals surface area contributed by atoms with Crippen molar-refractivity contribution in [3.8, 4) is 5.75 Å². The first-order valence-electron chi connectivity index (χ1n) is 10.4. The summed E-state index contributed by atoms with van der Waals surface area (Å²) in [5.41, 5.74) is 0. The molecule has 4 rings (SSSR count). The quantitative estimate of drug-likeness (QED) is 0.690. The lowest BCUT2D eigenvalue weighted by Gasteiger charge is -2.41. The van der Waals surface area contributed by atoms with Gasteiger partial charge in [-0.25, -0.2) is 21.6 Å². The van der Waals surface area contributed by atoms with Crippen LogP contribution < -0.4 is 4.74 Å². The highest BCUT2D eigenvalue weighted by molar-refractivity contribution is 7.89. The van der Waals surface area contributed by atoms with E-state index in [4.69, 9.17) is 4.74 Å². The molecule has 0 saturated carbocycles. The van der Waals surface area contributed by atoms with Gasteiger partial charge in [0, 0.05) is 38.3 Å². The molecule has 2 aliphatic heterocycles. The summed E-state index contributed by atoms with van der Waals surface area (Å²) in [6.45, 7) is 2.16. The van der Waals surface area contributed by atoms with E-state index in [0.29, 0.717) is 18.9 Å². The second kappa shape index (κ2) is 9.18. The van der Waals surface area contributed by atoms with Crippen LogP contribution in [0.4, 0.5) is 13.2 Å². The fourth-order valence-corrected chi connectivity index (χ4v) is 5.86. The van der Waals surface area contributed by atoms with Gasteiger partial charge in [0.1, 0.15) is 22.6 Å². The summed E-state index contributed by atoms with van der Waals surface area (Å²) in [5.74, 6) is -1.97. The number of piperidine rings is 2. The van der Waals surface area contributed by atoms with Crippen LogP contribution in [0.5, 0.6) is 5.75 Å². The number of halogens is 3. The molecular weight excluding hydrogens is 429 g/mol. The molecule has 2 aromatic carbocycles. The molecule has 0 N–H and O–H groups in total. The number of nitrogens with zero attached hydrogens (tertiary/aromatic N) is 2. The van der Waals surface area contributed by atoms with E-state index in [0.717, 1.165) is 38.1 Å². The summed E-state index contributed by atoms with van der Waals surface area (Å²) in [6.07, 6.45) is 2.78. The van der Waals surface area contributed by atoms with Gasteiger partial charge in [-0.2, -0.15) is 4.31 Å². The largest absolute Gasteiger partial charge is 0.487 e. The number of para-hydroxylation sites is 1. The molecule has 168 valence electrons. The molecule has 2 saturated heterocycles. The van der Waals surface area contributed by atoms with Crippen molar-refractivity contribution in [1.29, 1.82) is 0 Å². The normalized spacial score (nSPS) is 20.1. The number of hydrogen-bond donors (Lipinski definition) is 0. The third kappa shape index (κ3) is 4.88. The van der Waals surface area contributed by atoms with Gasteiger partial charge in [-0.05, 0) is 49.9 Å². The minimum atomic E-state index is -3.99. The van der Waals surface area contributed by atoms with Crippen LogP contribution in [-0.2, 0) is 10.0 Å². The minimum absolute atomic E-state index is 0.0462. The first-order valence-corrected chi connectivity index (χ1v) is 11.9. The molecule has 2 aliphatic rings. The van der Waals surface area contributed by atoms with E-state index in [2.05, 4.69) is 4.90 Å². The Morgan fingerprint density at radius 2 is 1.52 bits per heavy atom. The molecule has 2 heterocycles. The number of benzene rings is 2. The van der Waals surface area contributed by atoms with Gasteiger partial charge in [0.25, 0.3) is 0 Å². The van der Waals surface area contributed by atoms with Crippen LogP contribution in [0, 0.1) is 17.5 Å². The predicted molar refractivity (Wildman–Crippen MR) is 110 cm³/mol. The van der Waals surface area contributed by atoms with Crippen molar-refractivity contribution < 1.29 is 26.3 Å². The predicted octanol–water partition coefficient (Wildman–Crippen LogP) is 3.80. The molecule has 0 bridgehead atoms. The standard InChI is InChI=1S/C22H25F3N2O3S/c23-16-5-6-22(20(25)15-16)31(28,29)27-13-7-17(8-14-27)26-11-9-18(10-12-26)30-21-4-2-1-3-19(21)24/h1-6,15,17-18H,7-14H2. The summed E-state index contributed by atoms with van der Waals surface area (Å²) in [4.78, 5) is 1.84. The molecule has 31 heavy (non-hydrogen) atoms. The van der Waals surface area contributed by atoms with Crippen molar-refractivity contribution >= 4 is 10.0 Å². The van der Waals surface area contributed by atoms with Crippen molar-refractivity contribution in [3.63, 3.8) is 0 Å². The zero-order valence-electron chi connectivity index (χ0n) is 17.0. The number of hydrogen-bond acceptors (Lipinski definition) is 4. The third-order valence-corrected chi connectivity index (χ3v) is 7.99. The number of rotatable bonds is 5. The second-order valence-electron chi connectivity index (χ2n) is 7.99. The van der Waals surface area contributed by atoms with E-state index in [1.165, 1.54) is 10.4 Å². The molecule has 0 spiro atoms. The van der Waals surface area contributed by atoms with Crippen molar-refractivity contribution in [3.05, 3.63) is 59.9 Å². The van der Waals surface area contributed by atoms with Gasteiger partial charge >= 0.3 is 0 Å². The highest BCUT2D eigenvalue weighted by atomic mass is 32.2. The number of likely N-dealkylation sites (tertiary alicyclic amines) is 1. The Labute approximate surface area is 180 Å². The molecule has 9 heteroatoms. The Morgan fingerprint density at radius 1 is 0.839 bits per heavy atom. The van der Waals surface area contributed by atoms with Crippen LogP contribution in [-0.4, -0.2) is 55.9 Å². The Hall–Kier alpha value is -2.10. The second-order valence-corrected chi connectivity index (χ2v) is 9.90. The maximum atomic E-state index is 14.0. The fourth-order valence-electron chi connectivity index (χ4n) is 4.35. The highest BCUT2D eigenvalue weighted by Crippen LogP contribution is 2.28. The number of ether oxygens (including phenoxy) is 1. The summed E-state index contributed by atoms with van der Waals surface area (Å²) < 4.78 is 73.5. The summed E-state index contributed by atoms with van der Waals surface area (Å²) in [7, 11) is -3.99. The lowest BCUT2D eigenvalue weighted by atomic mass is 10.00. The Morgan fingerprint density at radius 3 is 2.16 bits per heavy atom. The number of sulfonamides is 1. The van der Waals surface area contributed by atoms with E-state index >= 15 is 0 Å². The smallest absolute Gasteiger partial charge is 0.245 e. The fraction of sp³-hybridized carbons (Fsp3) is 0.455. The van der Waals surface area contributed by atoms with Gasteiger partial charge in [-0.15, -0.1) is 0 Å². The van der Waals surface area contributed by atoms with Gasteiger partial charge in [0.15, 0.2) is 11.6 Å². The summed E-state index contributed by atoms with van der Waals surface area (Å²) in [5, 5.41) is 0. The molecule has 0 amide bonds. The third-order valence-electron chi connectivity index (χ3n) is 6.06. The van der Waals surface area contributed by atoms with E-state index in [-0.39, 0.29) is 36.8 Å². The molecule has 2 aromatic rings. The van der Waals surface area contributed by atoms with Crippen LogP contribution >= 0.6 is 0 Å². The van der Waals surface area contributed by atoms with Gasteiger partial charge in [0.2, 0.25) is 10.0 Å². The minimum Gasteiger partial charge on any atom is -0.487 e. The van der Waals surface area contributed by atoms with E-state index < -0.39 is 26.6 Å². The van der Waals surface area contributed by atoms with E-state index in [1.807, 2.05) is 0 Å². The van der Waals surface area contributed by atoms with Crippen LogP contribution in [0.2, 0.25) is 0 Å². The van der Waals surface area contributed by atoms with Crippen LogP contribution in [0.1, 0.15) is 25.7 Å². The molecule has 0 radical (unpaired) electrons. The molecule has 0 unspecified atom stereocenters. The zero-order valence-corrected chi connectivity index (χ0v) is 17.8. The molecule has 0 aromatic heterocycles. The molecule has 2 fully saturated rings. The van der Waals surface area contributed by atoms with Gasteiger partial charge < -0.3 is 9.64 Å². The van der Waals surface area contributed by atoms with Crippen LogP contribution in [0.3, 0.4) is 0 Å². The SMILES string of the molecule is O=S(=O)(c1ccc(F)cc1F)N1CCC(N2CCC(Oc3ccccc3F)CC2)CC1. The highest BCUT2D eigenvalue weighted by Gasteiger charge is 2.34. The van der Waals surface area contributed by atoms with E-state index in [1.54, 1.807) is 18.2 Å². The van der Waals surface area contributed by atoms with Crippen molar-refractivity contribution in [2.75, 3.05) is 26.2 Å². The molecule has 0 aliphatic carbocycles. The molecule has 5 nitrogen and oxygen atoms in total. The van der Waals surface area contributed by atoms with Crippen molar-refractivity contribution in [1.82, 2.24) is 9.21 Å². The van der Waals surface area contributed by atoms with Crippen LogP contribution in [0.15, 0.2) is 47.4 Å². The Kier molecular flexibility index (Phi) is 6.55. The summed E-state index contributed by atoms with van der Waals surface area (Å²) >= 11 is 0. The Bertz CT molecular complexity index is 1020. The molecule has 0 atom stereocenters. The maximum Gasteiger partial charge on any atom is 0.245 e. The zero-order chi connectivity index (χ0) is 22.0. The summed E-state index contributed by atoms with van der Waals surface area (Å²) in [6, 6.07) is 9.13. The van der Waals surface area contributed by atoms with Gasteiger partial charge in [-0.3, -0.25) is 0 Å². The molecular formula is C22H25F3N2O3S. The van der Waals surface area contributed by atoms with Crippen LogP contribution in [0.25, 0.3) is 0 Å². The average molecular weight is 455 g/mol. The average Bonchev–Trinajstić information content (AvgIpc) is 2.76. The maximum absolute atomic E-state index is 14.0. The first kappa shape index (κ1) is 22.1. The van der Waals surface area contributed by atoms with E-state index in [9.17, 15) is 21.6 Å².